The second-order valence-corrected chi connectivity index (χ2v) is 6.00. The van der Waals surface area contributed by atoms with Gasteiger partial charge >= 0.3 is 0 Å². The topological polar surface area (TPSA) is 42.4 Å². The summed E-state index contributed by atoms with van der Waals surface area (Å²) in [5, 5.41) is 0.519. The summed E-state index contributed by atoms with van der Waals surface area (Å²) in [4.78, 5) is 17.9. The number of carbonyl (C=O) groups is 1. The van der Waals surface area contributed by atoms with Crippen LogP contribution in [0.4, 0.5) is 4.39 Å². The zero-order chi connectivity index (χ0) is 16.4. The van der Waals surface area contributed by atoms with Crippen molar-refractivity contribution in [2.24, 2.45) is 0 Å². The van der Waals surface area contributed by atoms with Gasteiger partial charge in [-0.25, -0.2) is 4.39 Å². The zero-order valence-electron chi connectivity index (χ0n) is 12.0. The van der Waals surface area contributed by atoms with Gasteiger partial charge in [-0.3, -0.25) is 9.78 Å². The molecule has 23 heavy (non-hydrogen) atoms. The van der Waals surface area contributed by atoms with E-state index in [-0.39, 0.29) is 16.7 Å². The molecule has 7 heteroatoms. The van der Waals surface area contributed by atoms with Crippen LogP contribution in [0.5, 0.6) is 5.75 Å². The highest BCUT2D eigenvalue weighted by Crippen LogP contribution is 2.27. The third kappa shape index (κ3) is 3.41. The van der Waals surface area contributed by atoms with E-state index in [4.69, 9.17) is 27.9 Å². The molecule has 4 nitrogen and oxygen atoms in total. The average Bonchev–Trinajstić information content (AvgIpc) is 2.98. The summed E-state index contributed by atoms with van der Waals surface area (Å²) in [5.74, 6) is -0.533. The average molecular weight is 355 g/mol. The maximum Gasteiger partial charge on any atom is 0.258 e. The van der Waals surface area contributed by atoms with Crippen molar-refractivity contribution in [3.05, 3.63) is 58.1 Å². The van der Waals surface area contributed by atoms with Gasteiger partial charge in [-0.15, -0.1) is 0 Å². The zero-order valence-corrected chi connectivity index (χ0v) is 13.5. The second kappa shape index (κ2) is 6.72. The fourth-order valence-corrected chi connectivity index (χ4v) is 2.91. The second-order valence-electron chi connectivity index (χ2n) is 5.18. The Hall–Kier alpha value is -1.85. The number of likely N-dealkylation sites (tertiary alicyclic amines) is 1. The molecule has 0 radical (unpaired) electrons. The van der Waals surface area contributed by atoms with Crippen molar-refractivity contribution in [1.29, 1.82) is 0 Å². The number of amides is 1. The largest absolute Gasteiger partial charge is 0.487 e. The van der Waals surface area contributed by atoms with E-state index in [1.54, 1.807) is 12.3 Å². The Labute approximate surface area is 142 Å². The van der Waals surface area contributed by atoms with Gasteiger partial charge in [0.15, 0.2) is 0 Å². The molecule has 1 amide bonds. The quantitative estimate of drug-likeness (QED) is 0.841. The Balaban J connectivity index is 1.70. The number of pyridine rings is 1. The highest BCUT2D eigenvalue weighted by atomic mass is 35.5. The lowest BCUT2D eigenvalue weighted by Crippen LogP contribution is -2.31. The summed E-state index contributed by atoms with van der Waals surface area (Å²) in [6.45, 7) is 0.818. The van der Waals surface area contributed by atoms with Crippen LogP contribution in [-0.2, 0) is 0 Å². The van der Waals surface area contributed by atoms with Crippen LogP contribution in [0, 0.1) is 5.82 Å². The van der Waals surface area contributed by atoms with Crippen LogP contribution in [0.15, 0.2) is 36.7 Å². The first kappa shape index (κ1) is 16.0. The molecule has 2 heterocycles. The van der Waals surface area contributed by atoms with Gasteiger partial charge in [0.25, 0.3) is 5.91 Å². The van der Waals surface area contributed by atoms with Crippen LogP contribution in [0.3, 0.4) is 0 Å². The molecule has 1 aliphatic heterocycles. The summed E-state index contributed by atoms with van der Waals surface area (Å²) >= 11 is 12.0. The third-order valence-electron chi connectivity index (χ3n) is 3.64. The smallest absolute Gasteiger partial charge is 0.258 e. The van der Waals surface area contributed by atoms with E-state index in [1.165, 1.54) is 29.3 Å². The molecule has 1 aromatic carbocycles. The molecule has 1 atom stereocenters. The first-order valence-corrected chi connectivity index (χ1v) is 7.81. The Bertz CT molecular complexity index is 722. The van der Waals surface area contributed by atoms with E-state index in [2.05, 4.69) is 4.98 Å². The predicted molar refractivity (Wildman–Crippen MR) is 85.6 cm³/mol. The van der Waals surface area contributed by atoms with Crippen molar-refractivity contribution in [3.8, 4) is 5.75 Å². The van der Waals surface area contributed by atoms with Gasteiger partial charge in [-0.1, -0.05) is 29.3 Å². The van der Waals surface area contributed by atoms with E-state index < -0.39 is 11.7 Å². The maximum atomic E-state index is 13.9. The van der Waals surface area contributed by atoms with E-state index >= 15 is 0 Å². The number of hydrogen-bond acceptors (Lipinski definition) is 3. The number of nitrogens with zero attached hydrogens (tertiary/aromatic N) is 2. The summed E-state index contributed by atoms with van der Waals surface area (Å²) in [5.41, 5.74) is -0.100. The fraction of sp³-hybridized carbons (Fsp3) is 0.250. The predicted octanol–water partition coefficient (Wildman–Crippen LogP) is 3.82. The van der Waals surface area contributed by atoms with Crippen LogP contribution in [0.2, 0.25) is 10.0 Å². The molecule has 1 fully saturated rings. The first-order valence-electron chi connectivity index (χ1n) is 7.05. The lowest BCUT2D eigenvalue weighted by molar-refractivity contribution is 0.0768. The van der Waals surface area contributed by atoms with Gasteiger partial charge in [-0.2, -0.15) is 0 Å². The molecular formula is C16H13Cl2FN2O2. The first-order chi connectivity index (χ1) is 11.1. The van der Waals surface area contributed by atoms with Crippen molar-refractivity contribution in [2.45, 2.75) is 12.5 Å². The Morgan fingerprint density at radius 3 is 2.87 bits per heavy atom. The minimum absolute atomic E-state index is 0.100. The van der Waals surface area contributed by atoms with Gasteiger partial charge in [-0.05, 0) is 12.1 Å². The molecule has 3 rings (SSSR count). The van der Waals surface area contributed by atoms with Crippen LogP contribution >= 0.6 is 23.2 Å². The Morgan fingerprint density at radius 2 is 2.13 bits per heavy atom. The molecular weight excluding hydrogens is 342 g/mol. The van der Waals surface area contributed by atoms with Gasteiger partial charge in [0.1, 0.15) is 22.7 Å². The van der Waals surface area contributed by atoms with Crippen molar-refractivity contribution >= 4 is 29.1 Å². The van der Waals surface area contributed by atoms with Gasteiger partial charge in [0.2, 0.25) is 0 Å². The molecule has 0 bridgehead atoms. The standard InChI is InChI=1S/C16H13Cl2FN2O2/c17-11-2-1-3-13(19)15(11)16(22)21-7-5-10(9-21)23-14-4-6-20-8-12(14)18/h1-4,6,8,10H,5,7,9H2. The maximum absolute atomic E-state index is 13.9. The number of hydrogen-bond donors (Lipinski definition) is 0. The molecule has 1 unspecified atom stereocenters. The summed E-state index contributed by atoms with van der Waals surface area (Å²) < 4.78 is 19.7. The van der Waals surface area contributed by atoms with E-state index in [0.29, 0.717) is 30.3 Å². The number of halogens is 3. The normalized spacial score (nSPS) is 17.3. The molecule has 0 saturated carbocycles. The third-order valence-corrected chi connectivity index (χ3v) is 4.24. The molecule has 1 aliphatic rings. The Kier molecular flexibility index (Phi) is 4.68. The van der Waals surface area contributed by atoms with Crippen LogP contribution in [0.25, 0.3) is 0 Å². The van der Waals surface area contributed by atoms with Crippen molar-refractivity contribution in [2.75, 3.05) is 13.1 Å². The number of ether oxygens (including phenoxy) is 1. The van der Waals surface area contributed by atoms with Crippen molar-refractivity contribution < 1.29 is 13.9 Å². The lowest BCUT2D eigenvalue weighted by atomic mass is 10.2. The fourth-order valence-electron chi connectivity index (χ4n) is 2.51. The number of benzene rings is 1. The summed E-state index contributed by atoms with van der Waals surface area (Å²) in [7, 11) is 0. The van der Waals surface area contributed by atoms with Crippen LogP contribution < -0.4 is 4.74 Å². The van der Waals surface area contributed by atoms with Crippen LogP contribution in [-0.4, -0.2) is 35.0 Å². The van der Waals surface area contributed by atoms with E-state index in [0.717, 1.165) is 0 Å². The summed E-state index contributed by atoms with van der Waals surface area (Å²) in [6.07, 6.45) is 3.51. The summed E-state index contributed by atoms with van der Waals surface area (Å²) in [6, 6.07) is 5.86. The molecule has 120 valence electrons. The molecule has 0 aliphatic carbocycles. The lowest BCUT2D eigenvalue weighted by Gasteiger charge is -2.18. The molecule has 0 spiro atoms. The number of rotatable bonds is 3. The Morgan fingerprint density at radius 1 is 1.30 bits per heavy atom. The van der Waals surface area contributed by atoms with Gasteiger partial charge < -0.3 is 9.64 Å². The monoisotopic (exact) mass is 354 g/mol. The minimum Gasteiger partial charge on any atom is -0.487 e. The highest BCUT2D eigenvalue weighted by molar-refractivity contribution is 6.33. The number of aromatic nitrogens is 1. The molecule has 1 saturated heterocycles. The number of carbonyl (C=O) groups excluding carboxylic acids is 1. The van der Waals surface area contributed by atoms with Crippen molar-refractivity contribution in [3.63, 3.8) is 0 Å². The van der Waals surface area contributed by atoms with Crippen LogP contribution in [0.1, 0.15) is 16.8 Å². The van der Waals surface area contributed by atoms with Gasteiger partial charge in [0.05, 0.1) is 17.1 Å². The van der Waals surface area contributed by atoms with Gasteiger partial charge in [0, 0.05) is 31.4 Å². The molecule has 1 aromatic heterocycles. The SMILES string of the molecule is O=C(c1c(F)cccc1Cl)N1CCC(Oc2ccncc2Cl)C1. The molecule has 2 aromatic rings. The van der Waals surface area contributed by atoms with E-state index in [1.807, 2.05) is 0 Å². The molecule has 0 N–H and O–H groups in total. The highest BCUT2D eigenvalue weighted by Gasteiger charge is 2.31. The minimum atomic E-state index is -0.621. The van der Waals surface area contributed by atoms with E-state index in [9.17, 15) is 9.18 Å². The van der Waals surface area contributed by atoms with Crippen molar-refractivity contribution in [1.82, 2.24) is 9.88 Å².